The van der Waals surface area contributed by atoms with Crippen LogP contribution in [0.25, 0.3) is 0 Å². The third-order valence-corrected chi connectivity index (χ3v) is 11.0. The van der Waals surface area contributed by atoms with Gasteiger partial charge in [-0.2, -0.15) is 0 Å². The number of ether oxygens (including phenoxy) is 2. The first-order chi connectivity index (χ1) is 33.8. The van der Waals surface area contributed by atoms with E-state index in [2.05, 4.69) is 129 Å². The van der Waals surface area contributed by atoms with Crippen molar-refractivity contribution >= 4 is 27.6 Å². The molecule has 0 radical (unpaired) electrons. The van der Waals surface area contributed by atoms with E-state index in [9.17, 15) is 43.8 Å². The number of allylic oxidation sites excluding steroid dienone is 21. The van der Waals surface area contributed by atoms with Gasteiger partial charge in [-0.3, -0.25) is 27.7 Å². The molecule has 0 fully saturated rings. The number of carbonyl (C=O) groups excluding carboxylic acids is 2. The molecule has 0 aliphatic heterocycles. The smallest absolute Gasteiger partial charge is 0.463 e. The van der Waals surface area contributed by atoms with Crippen molar-refractivity contribution < 1.29 is 71.4 Å². The predicted molar refractivity (Wildman–Crippen MR) is 278 cm³/mol. The minimum atomic E-state index is -4.82. The lowest BCUT2D eigenvalue weighted by Gasteiger charge is -2.19. The topological polar surface area (TPSA) is 225 Å². The number of carbonyl (C=O) groups is 2. The predicted octanol–water partition coefficient (Wildman–Crippen LogP) is 11.6. The van der Waals surface area contributed by atoms with Crippen molar-refractivity contribution in [2.24, 2.45) is 0 Å². The zero-order valence-electron chi connectivity index (χ0n) is 41.6. The fraction of sp³-hybridized carbons (Fsp3) is 0.547. The van der Waals surface area contributed by atoms with Crippen LogP contribution in [0.1, 0.15) is 129 Å². The quantitative estimate of drug-likeness (QED) is 0.0166. The molecule has 5 unspecified atom stereocenters. The molecular weight excluding hydrogens is 939 g/mol. The van der Waals surface area contributed by atoms with Crippen molar-refractivity contribution in [3.8, 4) is 0 Å². The van der Waals surface area contributed by atoms with Crippen LogP contribution in [-0.2, 0) is 46.3 Å². The number of aliphatic hydroxyl groups excluding tert-OH is 3. The molecule has 70 heavy (non-hydrogen) atoms. The SMILES string of the molecule is CC/C=C\C/C=C\C/C=C\C/C=C\C/C=C\C/C=C\C/C=C\CC(=O)OCC(O)COP(=O)(O)OCC(O)COP(=O)(O)OCC(O)COC(=O)CCC/C=C\C/C=C\C/C=C\C/C=C\CCCCC. The number of hydrogen-bond donors (Lipinski definition) is 5. The van der Waals surface area contributed by atoms with Crippen molar-refractivity contribution in [3.63, 3.8) is 0 Å². The minimum Gasteiger partial charge on any atom is -0.463 e. The zero-order valence-corrected chi connectivity index (χ0v) is 43.4. The molecule has 0 aromatic rings. The van der Waals surface area contributed by atoms with Gasteiger partial charge in [0.05, 0.1) is 32.8 Å². The summed E-state index contributed by atoms with van der Waals surface area (Å²) in [4.78, 5) is 43.7. The Kier molecular flexibility index (Phi) is 44.9. The van der Waals surface area contributed by atoms with Crippen LogP contribution in [0.2, 0.25) is 0 Å². The molecule has 0 amide bonds. The van der Waals surface area contributed by atoms with Gasteiger partial charge in [-0.1, -0.05) is 160 Å². The summed E-state index contributed by atoms with van der Waals surface area (Å²) < 4.78 is 52.8. The van der Waals surface area contributed by atoms with Crippen LogP contribution < -0.4 is 0 Å². The van der Waals surface area contributed by atoms with Crippen LogP contribution in [0.5, 0.6) is 0 Å². The van der Waals surface area contributed by atoms with E-state index in [0.29, 0.717) is 19.3 Å². The first-order valence-electron chi connectivity index (χ1n) is 24.5. The average molecular weight is 1020 g/mol. The summed E-state index contributed by atoms with van der Waals surface area (Å²) in [5, 5.41) is 30.0. The second-order valence-corrected chi connectivity index (χ2v) is 18.7. The van der Waals surface area contributed by atoms with E-state index in [1.807, 2.05) is 24.3 Å². The second-order valence-electron chi connectivity index (χ2n) is 15.8. The molecule has 0 saturated carbocycles. The van der Waals surface area contributed by atoms with Crippen LogP contribution in [-0.4, -0.2) is 95.0 Å². The molecule has 0 aromatic carbocycles. The molecule has 15 nitrogen and oxygen atoms in total. The Morgan fingerprint density at radius 3 is 1.06 bits per heavy atom. The van der Waals surface area contributed by atoms with Gasteiger partial charge in [-0.25, -0.2) is 9.13 Å². The number of hydrogen-bond acceptors (Lipinski definition) is 13. The molecule has 0 aromatic heterocycles. The normalized spacial score (nSPS) is 16.0. The number of unbranched alkanes of at least 4 members (excludes halogenated alkanes) is 4. The summed E-state index contributed by atoms with van der Waals surface area (Å²) >= 11 is 0. The largest absolute Gasteiger partial charge is 0.472 e. The molecule has 0 saturated heterocycles. The first-order valence-corrected chi connectivity index (χ1v) is 27.5. The van der Waals surface area contributed by atoms with E-state index >= 15 is 0 Å². The van der Waals surface area contributed by atoms with Crippen molar-refractivity contribution in [1.82, 2.24) is 0 Å². The summed E-state index contributed by atoms with van der Waals surface area (Å²) in [7, 11) is -9.64. The molecule has 396 valence electrons. The van der Waals surface area contributed by atoms with E-state index in [0.717, 1.165) is 64.2 Å². The van der Waals surface area contributed by atoms with Crippen molar-refractivity contribution in [1.29, 1.82) is 0 Å². The standard InChI is InChI=1S/C53H84O15P2/c1-3-5-7-9-11-13-15-17-19-21-22-23-24-26-28-30-32-34-36-38-40-42-53(58)64-44-50(55)46-66-70(61,62)68-48-51(56)47-67-69(59,60)65-45-49(54)43-63-52(57)41-39-37-35-33-31-29-27-25-20-18-16-14-12-10-8-6-4-2/h5,7,11-14,17-20,22-23,26-29,32-35,38,40,49-51,54-56H,3-4,6,8-10,15-16,21,24-25,30-31,36-37,39,41-48H2,1-2H3,(H,59,60)(H,61,62)/b7-5-,13-11-,14-12-,19-17-,20-18-,23-22-,28-26-,29-27-,34-32-,35-33-,40-38-. The van der Waals surface area contributed by atoms with Crippen LogP contribution in [0, 0.1) is 0 Å². The van der Waals surface area contributed by atoms with Gasteiger partial charge >= 0.3 is 27.6 Å². The van der Waals surface area contributed by atoms with Crippen LogP contribution in [0.4, 0.5) is 0 Å². The molecule has 5 N–H and O–H groups in total. The fourth-order valence-electron chi connectivity index (χ4n) is 5.35. The minimum absolute atomic E-state index is 0.0474. The summed E-state index contributed by atoms with van der Waals surface area (Å²) in [6.07, 6.45) is 56.1. The van der Waals surface area contributed by atoms with Gasteiger partial charge in [0.1, 0.15) is 31.5 Å². The maximum atomic E-state index is 12.2. The van der Waals surface area contributed by atoms with Gasteiger partial charge in [0.15, 0.2) is 0 Å². The summed E-state index contributed by atoms with van der Waals surface area (Å²) in [6.45, 7) is 0.0512. The fourth-order valence-corrected chi connectivity index (χ4v) is 6.94. The van der Waals surface area contributed by atoms with Gasteiger partial charge in [0.25, 0.3) is 0 Å². The third-order valence-electron chi connectivity index (χ3n) is 9.12. The number of esters is 2. The highest BCUT2D eigenvalue weighted by Gasteiger charge is 2.28. The van der Waals surface area contributed by atoms with Crippen molar-refractivity contribution in [2.75, 3.05) is 39.6 Å². The Bertz CT molecular complexity index is 1760. The average Bonchev–Trinajstić information content (AvgIpc) is 3.34. The third kappa shape index (κ3) is 49.2. The highest BCUT2D eigenvalue weighted by Crippen LogP contribution is 2.45. The molecule has 0 rings (SSSR count). The highest BCUT2D eigenvalue weighted by molar-refractivity contribution is 7.47. The van der Waals surface area contributed by atoms with Crippen molar-refractivity contribution in [2.45, 2.75) is 148 Å². The maximum Gasteiger partial charge on any atom is 0.472 e. The molecule has 5 atom stereocenters. The number of phosphoric acid groups is 2. The summed E-state index contributed by atoms with van der Waals surface area (Å²) in [6, 6.07) is 0. The van der Waals surface area contributed by atoms with Gasteiger partial charge in [0.2, 0.25) is 0 Å². The lowest BCUT2D eigenvalue weighted by molar-refractivity contribution is -0.147. The van der Waals surface area contributed by atoms with E-state index in [1.165, 1.54) is 19.3 Å². The van der Waals surface area contributed by atoms with Gasteiger partial charge in [-0.05, 0) is 89.9 Å². The molecule has 0 bridgehead atoms. The molecule has 17 heteroatoms. The van der Waals surface area contributed by atoms with Crippen LogP contribution >= 0.6 is 15.6 Å². The molecule has 0 aliphatic carbocycles. The van der Waals surface area contributed by atoms with Crippen LogP contribution in [0.15, 0.2) is 134 Å². The van der Waals surface area contributed by atoms with Gasteiger partial charge < -0.3 is 34.6 Å². The number of aliphatic hydroxyl groups is 3. The monoisotopic (exact) mass is 1020 g/mol. The second kappa shape index (κ2) is 47.5. The molecule has 0 spiro atoms. The van der Waals surface area contributed by atoms with Gasteiger partial charge in [-0.15, -0.1) is 0 Å². The number of phosphoric ester groups is 2. The Morgan fingerprint density at radius 2 is 0.700 bits per heavy atom. The maximum absolute atomic E-state index is 12.2. The summed E-state index contributed by atoms with van der Waals surface area (Å²) in [5.41, 5.74) is 0. The molecule has 0 heterocycles. The first kappa shape index (κ1) is 66.2. The van der Waals surface area contributed by atoms with E-state index in [1.54, 1.807) is 12.2 Å². The van der Waals surface area contributed by atoms with E-state index < -0.39 is 85.5 Å². The molecule has 0 aliphatic rings. The highest BCUT2D eigenvalue weighted by atomic mass is 31.2. The zero-order chi connectivity index (χ0) is 51.7. The summed E-state index contributed by atoms with van der Waals surface area (Å²) in [5.74, 6) is -1.19. The Labute approximate surface area is 418 Å². The Balaban J connectivity index is 4.05. The van der Waals surface area contributed by atoms with Gasteiger partial charge in [0, 0.05) is 6.42 Å². The van der Waals surface area contributed by atoms with Crippen LogP contribution in [0.3, 0.4) is 0 Å². The molecular formula is C53H84O15P2. The van der Waals surface area contributed by atoms with E-state index in [4.69, 9.17) is 9.47 Å². The van der Waals surface area contributed by atoms with Crippen molar-refractivity contribution in [3.05, 3.63) is 134 Å². The number of rotatable bonds is 45. The van der Waals surface area contributed by atoms with E-state index in [-0.39, 0.29) is 12.8 Å². The Hall–Kier alpha value is -3.82. The lowest BCUT2D eigenvalue weighted by Crippen LogP contribution is -2.25. The lowest BCUT2D eigenvalue weighted by atomic mass is 10.2. The Morgan fingerprint density at radius 1 is 0.400 bits per heavy atom.